The summed E-state index contributed by atoms with van der Waals surface area (Å²) in [5.41, 5.74) is 4.46. The van der Waals surface area contributed by atoms with Gasteiger partial charge in [0.05, 0.1) is 44.2 Å². The number of ether oxygens (including phenoxy) is 3. The van der Waals surface area contributed by atoms with Crippen molar-refractivity contribution in [3.63, 3.8) is 0 Å². The summed E-state index contributed by atoms with van der Waals surface area (Å²) in [7, 11) is 1.93. The van der Waals surface area contributed by atoms with Gasteiger partial charge in [0.15, 0.2) is 0 Å². The number of hydrogen-bond acceptors (Lipinski definition) is 9. The van der Waals surface area contributed by atoms with Gasteiger partial charge in [-0.2, -0.15) is 0 Å². The second-order valence-corrected chi connectivity index (χ2v) is 10.9. The molecule has 0 bridgehead atoms. The van der Waals surface area contributed by atoms with E-state index in [1.807, 2.05) is 51.8 Å². The molecule has 0 atom stereocenters. The minimum absolute atomic E-state index is 0.377. The van der Waals surface area contributed by atoms with Crippen molar-refractivity contribution >= 4 is 28.7 Å². The summed E-state index contributed by atoms with van der Waals surface area (Å²) < 4.78 is 16.6. The van der Waals surface area contributed by atoms with Crippen LogP contribution in [-0.4, -0.2) is 112 Å². The van der Waals surface area contributed by atoms with Crippen molar-refractivity contribution in [2.75, 3.05) is 96.1 Å². The molecule has 2 aromatic carbocycles. The number of rotatable bonds is 9. The van der Waals surface area contributed by atoms with E-state index in [4.69, 9.17) is 14.2 Å². The van der Waals surface area contributed by atoms with Gasteiger partial charge in [0, 0.05) is 81.6 Å². The summed E-state index contributed by atoms with van der Waals surface area (Å²) in [6.07, 6.45) is 5.49. The summed E-state index contributed by atoms with van der Waals surface area (Å²) in [6.45, 7) is 18.7. The Bertz CT molecular complexity index is 1240. The molecular formula is C36H56N6O4. The van der Waals surface area contributed by atoms with Crippen LogP contribution in [-0.2, 0) is 14.3 Å². The van der Waals surface area contributed by atoms with Crippen molar-refractivity contribution in [3.8, 4) is 5.75 Å². The normalized spacial score (nSPS) is 17.0. The Morgan fingerprint density at radius 2 is 1.52 bits per heavy atom. The average Bonchev–Trinajstić information content (AvgIpc) is 3.16. The van der Waals surface area contributed by atoms with Gasteiger partial charge in [-0.15, -0.1) is 0 Å². The molecule has 10 heteroatoms. The topological polar surface area (TPSA) is 92.3 Å². The number of aromatic nitrogens is 2. The fourth-order valence-corrected chi connectivity index (χ4v) is 5.71. The first kappa shape index (κ1) is 37.0. The average molecular weight is 637 g/mol. The second-order valence-electron chi connectivity index (χ2n) is 10.9. The molecule has 3 saturated heterocycles. The van der Waals surface area contributed by atoms with Crippen molar-refractivity contribution in [1.82, 2.24) is 19.8 Å². The molecule has 0 aliphatic carbocycles. The van der Waals surface area contributed by atoms with Crippen LogP contribution in [0.2, 0.25) is 0 Å². The van der Waals surface area contributed by atoms with Crippen LogP contribution in [0.15, 0.2) is 48.8 Å². The Balaban J connectivity index is 0.000000268. The van der Waals surface area contributed by atoms with Crippen LogP contribution < -0.4 is 15.0 Å². The fourth-order valence-electron chi connectivity index (χ4n) is 5.71. The number of carbonyl (C=O) groups excluding carboxylic acids is 1. The highest BCUT2D eigenvalue weighted by molar-refractivity contribution is 5.82. The molecule has 3 aliphatic rings. The van der Waals surface area contributed by atoms with Crippen LogP contribution >= 0.6 is 0 Å². The maximum Gasteiger partial charge on any atom is 0.209 e. The van der Waals surface area contributed by atoms with Crippen LogP contribution in [0.4, 0.5) is 11.4 Å². The Morgan fingerprint density at radius 1 is 0.870 bits per heavy atom. The number of benzene rings is 2. The third-order valence-electron chi connectivity index (χ3n) is 8.23. The summed E-state index contributed by atoms with van der Waals surface area (Å²) in [4.78, 5) is 26.5. The zero-order valence-electron chi connectivity index (χ0n) is 28.7. The summed E-state index contributed by atoms with van der Waals surface area (Å²) in [5.74, 6) is 1.23. The molecule has 1 N–H and O–H groups in total. The number of piperidine rings is 1. The lowest BCUT2D eigenvalue weighted by atomic mass is 9.91. The number of nitrogens with one attached hydrogen (secondary N) is 1. The van der Waals surface area contributed by atoms with Gasteiger partial charge in [0.1, 0.15) is 12.1 Å². The van der Waals surface area contributed by atoms with E-state index in [-0.39, 0.29) is 0 Å². The lowest BCUT2D eigenvalue weighted by molar-refractivity contribution is -0.119. The lowest BCUT2D eigenvalue weighted by Gasteiger charge is -2.29. The lowest BCUT2D eigenvalue weighted by Crippen LogP contribution is -2.37. The number of fused-ring (bicyclic) bond motifs is 1. The van der Waals surface area contributed by atoms with E-state index in [1.54, 1.807) is 6.33 Å². The quantitative estimate of drug-likeness (QED) is 0.235. The Morgan fingerprint density at radius 3 is 2.15 bits per heavy atom. The number of nitrogens with zero attached hydrogens (tertiary/aromatic N) is 5. The molecule has 3 aromatic rings. The number of likely N-dealkylation sites (tertiary alicyclic amines) is 1. The Labute approximate surface area is 276 Å². The highest BCUT2D eigenvalue weighted by Crippen LogP contribution is 2.32. The van der Waals surface area contributed by atoms with E-state index in [9.17, 15) is 4.79 Å². The smallest absolute Gasteiger partial charge is 0.209 e. The van der Waals surface area contributed by atoms with E-state index in [1.165, 1.54) is 5.69 Å². The van der Waals surface area contributed by atoms with Crippen molar-refractivity contribution < 1.29 is 19.0 Å². The van der Waals surface area contributed by atoms with E-state index < -0.39 is 0 Å². The zero-order chi connectivity index (χ0) is 33.0. The Kier molecular flexibility index (Phi) is 17.2. The first-order chi connectivity index (χ1) is 22.7. The van der Waals surface area contributed by atoms with E-state index in [0.717, 1.165) is 126 Å². The van der Waals surface area contributed by atoms with E-state index in [0.29, 0.717) is 12.5 Å². The van der Waals surface area contributed by atoms with Crippen LogP contribution in [0.5, 0.6) is 5.75 Å². The predicted molar refractivity (Wildman–Crippen MR) is 188 cm³/mol. The number of carbonyl (C=O) groups is 1. The molecule has 0 radical (unpaired) electrons. The van der Waals surface area contributed by atoms with Gasteiger partial charge in [0.25, 0.3) is 0 Å². The SMILES string of the molecule is CC.CC.CNc1ccc(N2CCOCC2)cc1.O=CN1CCC(c2ncnc3cc(OCCCN4CCOCC4)ccc23)CC1. The molecular weight excluding hydrogens is 580 g/mol. The van der Waals surface area contributed by atoms with Gasteiger partial charge in [0.2, 0.25) is 6.41 Å². The van der Waals surface area contributed by atoms with Crippen LogP contribution in [0, 0.1) is 0 Å². The van der Waals surface area contributed by atoms with Gasteiger partial charge in [-0.25, -0.2) is 9.97 Å². The highest BCUT2D eigenvalue weighted by Gasteiger charge is 2.22. The first-order valence-electron chi connectivity index (χ1n) is 17.2. The molecule has 3 fully saturated rings. The van der Waals surface area contributed by atoms with Crippen molar-refractivity contribution in [2.24, 2.45) is 0 Å². The molecule has 0 saturated carbocycles. The predicted octanol–water partition coefficient (Wildman–Crippen LogP) is 5.68. The second kappa shape index (κ2) is 21.3. The van der Waals surface area contributed by atoms with Gasteiger partial charge in [-0.1, -0.05) is 27.7 Å². The number of morpholine rings is 2. The molecule has 3 aliphatic heterocycles. The number of amides is 1. The highest BCUT2D eigenvalue weighted by atomic mass is 16.5. The molecule has 1 amide bonds. The maximum atomic E-state index is 10.9. The summed E-state index contributed by atoms with van der Waals surface area (Å²) >= 11 is 0. The fraction of sp³-hybridized carbons (Fsp3) is 0.583. The van der Waals surface area contributed by atoms with Crippen LogP contribution in [0.1, 0.15) is 58.6 Å². The maximum absolute atomic E-state index is 10.9. The molecule has 0 spiro atoms. The summed E-state index contributed by atoms with van der Waals surface area (Å²) in [5, 5.41) is 4.20. The third kappa shape index (κ3) is 11.4. The van der Waals surface area contributed by atoms with E-state index >= 15 is 0 Å². The van der Waals surface area contributed by atoms with Gasteiger partial charge < -0.3 is 29.3 Å². The van der Waals surface area contributed by atoms with Crippen molar-refractivity contribution in [3.05, 3.63) is 54.5 Å². The van der Waals surface area contributed by atoms with Crippen LogP contribution in [0.3, 0.4) is 0 Å². The van der Waals surface area contributed by atoms with Gasteiger partial charge in [-0.3, -0.25) is 9.69 Å². The molecule has 0 unspecified atom stereocenters. The number of hydrogen-bond donors (Lipinski definition) is 1. The Hall–Kier alpha value is -3.47. The monoisotopic (exact) mass is 636 g/mol. The van der Waals surface area contributed by atoms with Gasteiger partial charge in [-0.05, 0) is 55.7 Å². The molecule has 6 rings (SSSR count). The summed E-state index contributed by atoms with van der Waals surface area (Å²) in [6, 6.07) is 14.6. The van der Waals surface area contributed by atoms with Gasteiger partial charge >= 0.3 is 0 Å². The van der Waals surface area contributed by atoms with Crippen LogP contribution in [0.25, 0.3) is 10.9 Å². The van der Waals surface area contributed by atoms with E-state index in [2.05, 4.69) is 55.4 Å². The molecule has 1 aromatic heterocycles. The minimum atomic E-state index is 0.377. The third-order valence-corrected chi connectivity index (χ3v) is 8.23. The molecule has 4 heterocycles. The first-order valence-corrected chi connectivity index (χ1v) is 17.2. The standard InChI is InChI=1S/C21H28N4O3.C11H16N2O.2C2H6/c26-16-25-7-4-17(5-8-25)21-19-3-2-18(14-20(19)22-15-23-21)28-11-1-6-24-9-12-27-13-10-24;1-12-10-2-4-11(5-3-10)13-6-8-14-9-7-13;2*1-2/h2-3,14-17H,1,4-13H2;2-5,12H,6-9H2,1H3;2*1-2H3. The molecule has 46 heavy (non-hydrogen) atoms. The largest absolute Gasteiger partial charge is 0.493 e. The van der Waals surface area contributed by atoms with Crippen molar-refractivity contribution in [2.45, 2.75) is 52.9 Å². The minimum Gasteiger partial charge on any atom is -0.493 e. The molecule has 10 nitrogen and oxygen atoms in total. The van der Waals surface area contributed by atoms with Crippen molar-refractivity contribution in [1.29, 1.82) is 0 Å². The number of anilines is 2. The zero-order valence-corrected chi connectivity index (χ0v) is 28.7. The molecule has 254 valence electrons.